The van der Waals surface area contributed by atoms with Crippen LogP contribution in [0.3, 0.4) is 0 Å². The number of carbonyl (C=O) groups is 1. The lowest BCUT2D eigenvalue weighted by molar-refractivity contribution is -0.391. The molecule has 0 aliphatic heterocycles. The lowest BCUT2D eigenvalue weighted by Crippen LogP contribution is -2.26. The van der Waals surface area contributed by atoms with Crippen molar-refractivity contribution < 1.29 is 9.72 Å². The van der Waals surface area contributed by atoms with Crippen molar-refractivity contribution in [2.75, 3.05) is 13.1 Å². The monoisotopic (exact) mass is 266 g/mol. The summed E-state index contributed by atoms with van der Waals surface area (Å²) < 4.78 is 1.23. The van der Waals surface area contributed by atoms with Gasteiger partial charge in [0.1, 0.15) is 0 Å². The SMILES string of the molecule is Cn1c(C(=O)NCCCCN=[N+]=[N-])ccc1[N+](=O)[O-]. The molecule has 1 N–H and O–H groups in total. The van der Waals surface area contributed by atoms with Gasteiger partial charge in [-0.3, -0.25) is 4.79 Å². The van der Waals surface area contributed by atoms with Crippen LogP contribution in [0.2, 0.25) is 0 Å². The van der Waals surface area contributed by atoms with Crippen LogP contribution in [0.15, 0.2) is 17.2 Å². The molecular weight excluding hydrogens is 252 g/mol. The molecule has 0 atom stereocenters. The predicted octanol–water partition coefficient (Wildman–Crippen LogP) is 1.75. The minimum atomic E-state index is -0.545. The average Bonchev–Trinajstić information content (AvgIpc) is 2.75. The molecule has 0 radical (unpaired) electrons. The summed E-state index contributed by atoms with van der Waals surface area (Å²) in [4.78, 5) is 24.5. The zero-order valence-electron chi connectivity index (χ0n) is 10.4. The van der Waals surface area contributed by atoms with E-state index in [1.54, 1.807) is 0 Å². The van der Waals surface area contributed by atoms with Crippen LogP contribution in [-0.2, 0) is 7.05 Å². The first-order valence-corrected chi connectivity index (χ1v) is 5.67. The van der Waals surface area contributed by atoms with Crippen LogP contribution in [0.4, 0.5) is 5.82 Å². The highest BCUT2D eigenvalue weighted by Gasteiger charge is 2.19. The summed E-state index contributed by atoms with van der Waals surface area (Å²) >= 11 is 0. The van der Waals surface area contributed by atoms with Gasteiger partial charge in [0.15, 0.2) is 5.69 Å². The summed E-state index contributed by atoms with van der Waals surface area (Å²) in [7, 11) is 1.47. The number of carbonyl (C=O) groups excluding carboxylic acids is 1. The van der Waals surface area contributed by atoms with Crippen molar-refractivity contribution in [1.29, 1.82) is 0 Å². The summed E-state index contributed by atoms with van der Waals surface area (Å²) in [5.74, 6) is -0.493. The maximum Gasteiger partial charge on any atom is 0.323 e. The maximum atomic E-state index is 11.8. The van der Waals surface area contributed by atoms with Gasteiger partial charge in [-0.2, -0.15) is 0 Å². The largest absolute Gasteiger partial charge is 0.358 e. The van der Waals surface area contributed by atoms with Crippen LogP contribution < -0.4 is 5.32 Å². The Hall–Kier alpha value is -2.54. The van der Waals surface area contributed by atoms with Gasteiger partial charge in [-0.15, -0.1) is 0 Å². The molecule has 0 saturated heterocycles. The molecule has 1 rings (SSSR count). The van der Waals surface area contributed by atoms with E-state index in [4.69, 9.17) is 5.53 Å². The molecule has 19 heavy (non-hydrogen) atoms. The van der Waals surface area contributed by atoms with E-state index in [1.807, 2.05) is 0 Å². The number of nitro groups is 1. The standard InChI is InChI=1S/C10H14N6O3/c1-15-8(4-5-9(15)16(18)19)10(17)12-6-2-3-7-13-14-11/h4-5H,2-3,6-7H2,1H3,(H,12,17). The molecule has 1 amide bonds. The van der Waals surface area contributed by atoms with Gasteiger partial charge in [-0.25, -0.2) is 4.57 Å². The highest BCUT2D eigenvalue weighted by molar-refractivity contribution is 5.93. The quantitative estimate of drug-likeness (QED) is 0.202. The van der Waals surface area contributed by atoms with Gasteiger partial charge < -0.3 is 15.4 Å². The third-order valence-electron chi connectivity index (χ3n) is 2.55. The van der Waals surface area contributed by atoms with Crippen molar-refractivity contribution in [2.45, 2.75) is 12.8 Å². The van der Waals surface area contributed by atoms with Crippen LogP contribution in [0.25, 0.3) is 10.4 Å². The molecule has 9 nitrogen and oxygen atoms in total. The number of hydrogen-bond donors (Lipinski definition) is 1. The molecule has 0 spiro atoms. The van der Waals surface area contributed by atoms with Crippen molar-refractivity contribution in [3.05, 3.63) is 38.4 Å². The van der Waals surface area contributed by atoms with E-state index in [2.05, 4.69) is 15.3 Å². The van der Waals surface area contributed by atoms with Gasteiger partial charge in [0.25, 0.3) is 5.91 Å². The molecule has 102 valence electrons. The van der Waals surface area contributed by atoms with Gasteiger partial charge in [0.05, 0.1) is 7.05 Å². The molecule has 0 aliphatic carbocycles. The first-order valence-electron chi connectivity index (χ1n) is 5.67. The summed E-state index contributed by atoms with van der Waals surface area (Å²) in [6.07, 6.45) is 1.36. The minimum Gasteiger partial charge on any atom is -0.358 e. The number of aromatic nitrogens is 1. The Morgan fingerprint density at radius 3 is 2.89 bits per heavy atom. The molecule has 1 heterocycles. The fraction of sp³-hybridized carbons (Fsp3) is 0.500. The molecule has 0 aliphatic rings. The van der Waals surface area contributed by atoms with E-state index in [-0.39, 0.29) is 17.4 Å². The lowest BCUT2D eigenvalue weighted by atomic mass is 10.3. The van der Waals surface area contributed by atoms with Crippen LogP contribution in [-0.4, -0.2) is 28.5 Å². The average molecular weight is 266 g/mol. The van der Waals surface area contributed by atoms with Gasteiger partial charge in [0, 0.05) is 24.1 Å². The number of nitrogens with one attached hydrogen (secondary N) is 1. The van der Waals surface area contributed by atoms with Gasteiger partial charge in [0.2, 0.25) is 0 Å². The predicted molar refractivity (Wildman–Crippen MR) is 67.6 cm³/mol. The Kier molecular flexibility index (Phi) is 5.36. The Morgan fingerprint density at radius 1 is 1.58 bits per heavy atom. The van der Waals surface area contributed by atoms with E-state index in [0.717, 1.165) is 0 Å². The number of hydrogen-bond acceptors (Lipinski definition) is 4. The molecule has 0 saturated carbocycles. The molecule has 0 fully saturated rings. The summed E-state index contributed by atoms with van der Waals surface area (Å²) in [6, 6.07) is 2.70. The first-order chi connectivity index (χ1) is 9.07. The maximum absolute atomic E-state index is 11.8. The minimum absolute atomic E-state index is 0.131. The third kappa shape index (κ3) is 4.00. The fourth-order valence-corrected chi connectivity index (χ4v) is 1.56. The van der Waals surface area contributed by atoms with Crippen molar-refractivity contribution in [3.63, 3.8) is 0 Å². The van der Waals surface area contributed by atoms with Crippen molar-refractivity contribution >= 4 is 11.7 Å². The Labute approximate surface area is 109 Å². The van der Waals surface area contributed by atoms with Crippen LogP contribution in [0, 0.1) is 10.1 Å². The molecular formula is C10H14N6O3. The number of amides is 1. The van der Waals surface area contributed by atoms with Crippen LogP contribution in [0.5, 0.6) is 0 Å². The molecule has 1 aromatic rings. The van der Waals surface area contributed by atoms with Crippen LogP contribution in [0.1, 0.15) is 23.3 Å². The second-order valence-corrected chi connectivity index (χ2v) is 3.81. The summed E-state index contributed by atoms with van der Waals surface area (Å²) in [5.41, 5.74) is 8.31. The Morgan fingerprint density at radius 2 is 2.32 bits per heavy atom. The van der Waals surface area contributed by atoms with Crippen molar-refractivity contribution in [3.8, 4) is 0 Å². The molecule has 9 heteroatoms. The fourth-order valence-electron chi connectivity index (χ4n) is 1.56. The van der Waals surface area contributed by atoms with E-state index in [1.165, 1.54) is 23.7 Å². The lowest BCUT2D eigenvalue weighted by Gasteiger charge is -2.03. The second kappa shape index (κ2) is 7.02. The summed E-state index contributed by atoms with van der Waals surface area (Å²) in [6.45, 7) is 0.820. The van der Waals surface area contributed by atoms with E-state index < -0.39 is 4.92 Å². The Balaban J connectivity index is 2.46. The smallest absolute Gasteiger partial charge is 0.323 e. The van der Waals surface area contributed by atoms with Crippen LogP contribution >= 0.6 is 0 Å². The third-order valence-corrected chi connectivity index (χ3v) is 2.55. The zero-order chi connectivity index (χ0) is 14.3. The highest BCUT2D eigenvalue weighted by Crippen LogP contribution is 2.14. The molecule has 0 aromatic carbocycles. The molecule has 0 unspecified atom stereocenters. The Bertz CT molecular complexity index is 517. The van der Waals surface area contributed by atoms with Crippen molar-refractivity contribution in [1.82, 2.24) is 9.88 Å². The van der Waals surface area contributed by atoms with E-state index in [0.29, 0.717) is 25.9 Å². The number of rotatable bonds is 7. The number of nitrogens with zero attached hydrogens (tertiary/aromatic N) is 5. The van der Waals surface area contributed by atoms with Gasteiger partial charge in [-0.1, -0.05) is 5.11 Å². The normalized spacial score (nSPS) is 9.74. The van der Waals surface area contributed by atoms with Gasteiger partial charge >= 0.3 is 5.82 Å². The van der Waals surface area contributed by atoms with Gasteiger partial charge in [-0.05, 0) is 29.4 Å². The molecule has 0 bridgehead atoms. The van der Waals surface area contributed by atoms with Crippen molar-refractivity contribution in [2.24, 2.45) is 12.2 Å². The number of unbranched alkanes of at least 4 members (excludes halogenated alkanes) is 1. The highest BCUT2D eigenvalue weighted by atomic mass is 16.6. The number of azide groups is 1. The second-order valence-electron chi connectivity index (χ2n) is 3.81. The first kappa shape index (κ1) is 14.5. The summed E-state index contributed by atoms with van der Waals surface area (Å²) in [5, 5.41) is 16.7. The molecule has 1 aromatic heterocycles. The topological polar surface area (TPSA) is 126 Å². The van der Waals surface area contributed by atoms with E-state index >= 15 is 0 Å². The zero-order valence-corrected chi connectivity index (χ0v) is 10.4. The van der Waals surface area contributed by atoms with E-state index in [9.17, 15) is 14.9 Å².